The predicted octanol–water partition coefficient (Wildman–Crippen LogP) is 3.17. The second-order valence-corrected chi connectivity index (χ2v) is 6.29. The molecule has 0 bridgehead atoms. The molecule has 1 atom stereocenters. The SMILES string of the molecule is CC1=C(C(=O)Nc2ccc([N+](=O)[O-])cc2)C(c2ccc(F)cc2)NC(=S)N1. The normalized spacial score (nSPS) is 16.4. The number of hydrogen-bond acceptors (Lipinski definition) is 4. The largest absolute Gasteiger partial charge is 0.351 e. The number of nitro benzene ring substituents is 1. The molecule has 1 heterocycles. The molecular formula is C18H15FN4O3S. The van der Waals surface area contributed by atoms with Crippen LogP contribution in [0.15, 0.2) is 59.8 Å². The highest BCUT2D eigenvalue weighted by Gasteiger charge is 2.30. The van der Waals surface area contributed by atoms with Gasteiger partial charge in [-0.25, -0.2) is 4.39 Å². The van der Waals surface area contributed by atoms with Gasteiger partial charge in [-0.05, 0) is 49.0 Å². The average Bonchev–Trinajstić information content (AvgIpc) is 2.62. The molecule has 0 fully saturated rings. The third kappa shape index (κ3) is 4.09. The molecule has 9 heteroatoms. The van der Waals surface area contributed by atoms with Crippen LogP contribution in [0.3, 0.4) is 0 Å². The fourth-order valence-electron chi connectivity index (χ4n) is 2.77. The molecule has 0 spiro atoms. The number of allylic oxidation sites excluding steroid dienone is 1. The van der Waals surface area contributed by atoms with Gasteiger partial charge in [0.1, 0.15) is 5.82 Å². The molecule has 1 unspecified atom stereocenters. The Bertz CT molecular complexity index is 942. The Morgan fingerprint density at radius 3 is 2.41 bits per heavy atom. The maximum atomic E-state index is 13.2. The van der Waals surface area contributed by atoms with Crippen molar-refractivity contribution in [1.29, 1.82) is 0 Å². The summed E-state index contributed by atoms with van der Waals surface area (Å²) >= 11 is 5.17. The van der Waals surface area contributed by atoms with Crippen molar-refractivity contribution < 1.29 is 14.1 Å². The van der Waals surface area contributed by atoms with Gasteiger partial charge >= 0.3 is 0 Å². The monoisotopic (exact) mass is 386 g/mol. The van der Waals surface area contributed by atoms with Gasteiger partial charge in [-0.15, -0.1) is 0 Å². The minimum atomic E-state index is -0.558. The summed E-state index contributed by atoms with van der Waals surface area (Å²) < 4.78 is 13.2. The van der Waals surface area contributed by atoms with Crippen molar-refractivity contribution in [3.05, 3.63) is 81.3 Å². The lowest BCUT2D eigenvalue weighted by Crippen LogP contribution is -2.45. The van der Waals surface area contributed by atoms with E-state index in [1.807, 2.05) is 0 Å². The van der Waals surface area contributed by atoms with E-state index < -0.39 is 16.9 Å². The van der Waals surface area contributed by atoms with Gasteiger partial charge in [-0.1, -0.05) is 12.1 Å². The number of non-ortho nitro benzene ring substituents is 1. The molecule has 3 N–H and O–H groups in total. The van der Waals surface area contributed by atoms with E-state index >= 15 is 0 Å². The summed E-state index contributed by atoms with van der Waals surface area (Å²) in [6, 6.07) is 10.7. The van der Waals surface area contributed by atoms with Gasteiger partial charge in [-0.3, -0.25) is 14.9 Å². The highest BCUT2D eigenvalue weighted by Crippen LogP contribution is 2.28. The zero-order chi connectivity index (χ0) is 19.6. The molecule has 7 nitrogen and oxygen atoms in total. The van der Waals surface area contributed by atoms with Crippen molar-refractivity contribution >= 4 is 34.6 Å². The van der Waals surface area contributed by atoms with Crippen molar-refractivity contribution in [2.45, 2.75) is 13.0 Å². The van der Waals surface area contributed by atoms with E-state index in [0.29, 0.717) is 27.6 Å². The number of benzene rings is 2. The number of carbonyl (C=O) groups excluding carboxylic acids is 1. The summed E-state index contributed by atoms with van der Waals surface area (Å²) in [6.45, 7) is 1.72. The summed E-state index contributed by atoms with van der Waals surface area (Å²) in [5.74, 6) is -0.786. The van der Waals surface area contributed by atoms with E-state index in [9.17, 15) is 19.3 Å². The molecule has 138 valence electrons. The van der Waals surface area contributed by atoms with Crippen LogP contribution in [0.1, 0.15) is 18.5 Å². The van der Waals surface area contributed by atoms with Crippen molar-refractivity contribution in [2.75, 3.05) is 5.32 Å². The molecule has 0 aromatic heterocycles. The Hall–Kier alpha value is -3.33. The molecule has 1 aliphatic rings. The van der Waals surface area contributed by atoms with E-state index in [1.165, 1.54) is 36.4 Å². The predicted molar refractivity (Wildman–Crippen MR) is 102 cm³/mol. The first-order valence-corrected chi connectivity index (χ1v) is 8.35. The van der Waals surface area contributed by atoms with Gasteiger partial charge < -0.3 is 16.0 Å². The quantitative estimate of drug-likeness (QED) is 0.424. The third-order valence-corrected chi connectivity index (χ3v) is 4.27. The number of carbonyl (C=O) groups is 1. The number of amides is 1. The van der Waals surface area contributed by atoms with Crippen molar-refractivity contribution in [3.63, 3.8) is 0 Å². The van der Waals surface area contributed by atoms with Crippen molar-refractivity contribution in [3.8, 4) is 0 Å². The van der Waals surface area contributed by atoms with Gasteiger partial charge in [0, 0.05) is 23.5 Å². The highest BCUT2D eigenvalue weighted by atomic mass is 32.1. The maximum Gasteiger partial charge on any atom is 0.269 e. The van der Waals surface area contributed by atoms with Crippen LogP contribution in [0.25, 0.3) is 0 Å². The second kappa shape index (κ2) is 7.50. The van der Waals surface area contributed by atoms with Gasteiger partial charge in [0.05, 0.1) is 16.5 Å². The number of hydrogen-bond donors (Lipinski definition) is 3. The molecule has 27 heavy (non-hydrogen) atoms. The standard InChI is InChI=1S/C18H15FN4O3S/c1-10-15(17(24)21-13-6-8-14(9-7-13)23(25)26)16(22-18(27)20-10)11-2-4-12(19)5-3-11/h2-9,16H,1H3,(H,21,24)(H2,20,22,27). The first kappa shape index (κ1) is 18.5. The minimum absolute atomic E-state index is 0.0704. The van der Waals surface area contributed by atoms with Gasteiger partial charge in [0.2, 0.25) is 0 Å². The van der Waals surface area contributed by atoms with E-state index in [2.05, 4.69) is 16.0 Å². The molecular weight excluding hydrogens is 371 g/mol. The van der Waals surface area contributed by atoms with Crippen LogP contribution < -0.4 is 16.0 Å². The lowest BCUT2D eigenvalue weighted by molar-refractivity contribution is -0.384. The van der Waals surface area contributed by atoms with Crippen LogP contribution in [0.4, 0.5) is 15.8 Å². The molecule has 0 saturated heterocycles. The van der Waals surface area contributed by atoms with Gasteiger partial charge in [0.25, 0.3) is 11.6 Å². The number of nitrogens with one attached hydrogen (secondary N) is 3. The first-order chi connectivity index (χ1) is 12.8. The number of rotatable bonds is 4. The molecule has 1 amide bonds. The lowest BCUT2D eigenvalue weighted by Gasteiger charge is -2.30. The van der Waals surface area contributed by atoms with E-state index in [4.69, 9.17) is 12.2 Å². The summed E-state index contributed by atoms with van der Waals surface area (Å²) in [6.07, 6.45) is 0. The number of halogens is 1. The molecule has 3 rings (SSSR count). The Balaban J connectivity index is 1.89. The highest BCUT2D eigenvalue weighted by molar-refractivity contribution is 7.80. The smallest absolute Gasteiger partial charge is 0.269 e. The Morgan fingerprint density at radius 1 is 1.19 bits per heavy atom. The zero-order valence-electron chi connectivity index (χ0n) is 14.2. The van der Waals surface area contributed by atoms with Gasteiger partial charge in [0.15, 0.2) is 5.11 Å². The van der Waals surface area contributed by atoms with Crippen molar-refractivity contribution in [2.24, 2.45) is 0 Å². The van der Waals surface area contributed by atoms with Crippen LogP contribution in [0, 0.1) is 15.9 Å². The molecule has 2 aromatic carbocycles. The van der Waals surface area contributed by atoms with Crippen molar-refractivity contribution in [1.82, 2.24) is 10.6 Å². The third-order valence-electron chi connectivity index (χ3n) is 4.05. The van der Waals surface area contributed by atoms with E-state index in [1.54, 1.807) is 19.1 Å². The van der Waals surface area contributed by atoms with Crippen LogP contribution in [0.2, 0.25) is 0 Å². The maximum absolute atomic E-state index is 13.2. The zero-order valence-corrected chi connectivity index (χ0v) is 15.0. The molecule has 2 aromatic rings. The summed E-state index contributed by atoms with van der Waals surface area (Å²) in [4.78, 5) is 23.1. The van der Waals surface area contributed by atoms with Crippen LogP contribution in [-0.4, -0.2) is 15.9 Å². The summed E-state index contributed by atoms with van der Waals surface area (Å²) in [7, 11) is 0. The topological polar surface area (TPSA) is 96.3 Å². The lowest BCUT2D eigenvalue weighted by atomic mass is 9.95. The Kier molecular flexibility index (Phi) is 5.13. The van der Waals surface area contributed by atoms with E-state index in [0.717, 1.165) is 0 Å². The fourth-order valence-corrected chi connectivity index (χ4v) is 3.04. The molecule has 0 aliphatic carbocycles. The number of nitrogens with zero attached hydrogens (tertiary/aromatic N) is 1. The van der Waals surface area contributed by atoms with Crippen LogP contribution >= 0.6 is 12.2 Å². The van der Waals surface area contributed by atoms with Crippen LogP contribution in [-0.2, 0) is 4.79 Å². The number of anilines is 1. The average molecular weight is 386 g/mol. The van der Waals surface area contributed by atoms with E-state index in [-0.39, 0.29) is 11.5 Å². The minimum Gasteiger partial charge on any atom is -0.351 e. The molecule has 0 radical (unpaired) electrons. The molecule has 1 aliphatic heterocycles. The fraction of sp³-hybridized carbons (Fsp3) is 0.111. The van der Waals surface area contributed by atoms with Gasteiger partial charge in [-0.2, -0.15) is 0 Å². The first-order valence-electron chi connectivity index (χ1n) is 7.94. The van der Waals surface area contributed by atoms with Crippen LogP contribution in [0.5, 0.6) is 0 Å². The number of nitro groups is 1. The Labute approximate surface area is 159 Å². The Morgan fingerprint density at radius 2 is 1.81 bits per heavy atom. The summed E-state index contributed by atoms with van der Waals surface area (Å²) in [5, 5.41) is 19.7. The second-order valence-electron chi connectivity index (χ2n) is 5.88. The number of thiocarbonyl (C=S) groups is 1. The summed E-state index contributed by atoms with van der Waals surface area (Å²) in [5.41, 5.74) is 1.96. The molecule has 0 saturated carbocycles.